The van der Waals surface area contributed by atoms with Crippen molar-refractivity contribution in [1.29, 1.82) is 0 Å². The van der Waals surface area contributed by atoms with Crippen molar-refractivity contribution in [2.75, 3.05) is 10.6 Å². The van der Waals surface area contributed by atoms with E-state index in [1.165, 1.54) is 22.9 Å². The van der Waals surface area contributed by atoms with E-state index in [9.17, 15) is 22.8 Å². The maximum atomic E-state index is 12.6. The Morgan fingerprint density at radius 3 is 2.39 bits per heavy atom. The van der Waals surface area contributed by atoms with Gasteiger partial charge >= 0.3 is 12.4 Å². The molecule has 0 aliphatic heterocycles. The zero-order chi connectivity index (χ0) is 24.2. The molecule has 0 aliphatic carbocycles. The summed E-state index contributed by atoms with van der Waals surface area (Å²) < 4.78 is 41.9. The first-order valence-corrected chi connectivity index (χ1v) is 9.71. The Kier molecular flexibility index (Phi) is 6.85. The normalized spacial score (nSPS) is 12.1. The van der Waals surface area contributed by atoms with Crippen molar-refractivity contribution in [3.8, 4) is 5.75 Å². The third kappa shape index (κ3) is 6.69. The van der Waals surface area contributed by atoms with Crippen LogP contribution in [0.3, 0.4) is 0 Å². The predicted molar refractivity (Wildman–Crippen MR) is 114 cm³/mol. The predicted octanol–water partition coefficient (Wildman–Crippen LogP) is 4.16. The van der Waals surface area contributed by atoms with Crippen LogP contribution in [0.5, 0.6) is 5.75 Å². The molecule has 0 bridgehead atoms. The first-order chi connectivity index (χ1) is 15.5. The number of hydrogen-bond donors (Lipinski definition) is 3. The topological polar surface area (TPSA) is 110 Å². The van der Waals surface area contributed by atoms with E-state index in [0.29, 0.717) is 0 Å². The molecule has 1 aromatic carbocycles. The minimum Gasteiger partial charge on any atom is -0.406 e. The number of benzene rings is 1. The maximum Gasteiger partial charge on any atom is 0.573 e. The van der Waals surface area contributed by atoms with E-state index in [2.05, 4.69) is 30.7 Å². The summed E-state index contributed by atoms with van der Waals surface area (Å²) in [6.45, 7) is 3.67. The highest BCUT2D eigenvalue weighted by Crippen LogP contribution is 2.24. The molecule has 1 atom stereocenters. The van der Waals surface area contributed by atoms with Crippen molar-refractivity contribution >= 4 is 23.4 Å². The third-order valence-electron chi connectivity index (χ3n) is 4.45. The van der Waals surface area contributed by atoms with Gasteiger partial charge < -0.3 is 19.9 Å². The molecule has 12 heteroatoms. The molecule has 174 valence electrons. The molecule has 3 aromatic rings. The molecule has 2 aromatic heterocycles. The van der Waals surface area contributed by atoms with Gasteiger partial charge in [0.2, 0.25) is 5.82 Å². The first kappa shape index (κ1) is 23.6. The molecule has 0 saturated carbocycles. The number of anilines is 2. The molecule has 0 fully saturated rings. The number of aryl methyl sites for hydroxylation is 2. The van der Waals surface area contributed by atoms with E-state index in [1.54, 1.807) is 13.2 Å². The van der Waals surface area contributed by atoms with Gasteiger partial charge in [0, 0.05) is 30.8 Å². The molecular weight excluding hydrogens is 441 g/mol. The standard InChI is InChI=1S/C21H21F3N6O3/c1-12-4-5-14(10-25-12)13(2)26-19(31)18-28-17(11-30(18)3)29-20(32)27-15-6-8-16(9-7-15)33-21(22,23)24/h4-11,13H,1-3H3,(H,26,31)(H2,27,29,32). The van der Waals surface area contributed by atoms with Crippen LogP contribution >= 0.6 is 0 Å². The Labute approximate surface area is 187 Å². The van der Waals surface area contributed by atoms with Crippen LogP contribution in [-0.4, -0.2) is 32.8 Å². The van der Waals surface area contributed by atoms with Crippen LogP contribution in [0.2, 0.25) is 0 Å². The van der Waals surface area contributed by atoms with E-state index in [1.807, 2.05) is 26.0 Å². The van der Waals surface area contributed by atoms with Gasteiger partial charge in [-0.05, 0) is 49.7 Å². The van der Waals surface area contributed by atoms with Crippen molar-refractivity contribution in [3.63, 3.8) is 0 Å². The van der Waals surface area contributed by atoms with Crippen LogP contribution in [0.1, 0.15) is 34.8 Å². The van der Waals surface area contributed by atoms with Crippen molar-refractivity contribution in [2.24, 2.45) is 7.05 Å². The number of ether oxygens (including phenoxy) is 1. The largest absolute Gasteiger partial charge is 0.573 e. The van der Waals surface area contributed by atoms with Gasteiger partial charge in [-0.25, -0.2) is 9.78 Å². The number of nitrogens with one attached hydrogen (secondary N) is 3. The summed E-state index contributed by atoms with van der Waals surface area (Å²) in [5.74, 6) is -0.670. The van der Waals surface area contributed by atoms with Crippen LogP contribution in [0.4, 0.5) is 29.5 Å². The second kappa shape index (κ2) is 9.59. The molecule has 0 spiro atoms. The van der Waals surface area contributed by atoms with E-state index in [4.69, 9.17) is 0 Å². The average Bonchev–Trinajstić information content (AvgIpc) is 3.08. The quantitative estimate of drug-likeness (QED) is 0.510. The van der Waals surface area contributed by atoms with Crippen LogP contribution in [0.15, 0.2) is 48.8 Å². The lowest BCUT2D eigenvalue weighted by molar-refractivity contribution is -0.274. The van der Waals surface area contributed by atoms with Crippen molar-refractivity contribution in [2.45, 2.75) is 26.3 Å². The van der Waals surface area contributed by atoms with E-state index in [0.717, 1.165) is 23.4 Å². The van der Waals surface area contributed by atoms with Gasteiger partial charge in [0.15, 0.2) is 5.82 Å². The smallest absolute Gasteiger partial charge is 0.406 e. The Bertz CT molecular complexity index is 1130. The molecule has 0 saturated heterocycles. The zero-order valence-corrected chi connectivity index (χ0v) is 17.9. The fourth-order valence-electron chi connectivity index (χ4n) is 2.84. The number of alkyl halides is 3. The van der Waals surface area contributed by atoms with Crippen LogP contribution < -0.4 is 20.7 Å². The number of halogens is 3. The van der Waals surface area contributed by atoms with Gasteiger partial charge in [-0.2, -0.15) is 0 Å². The summed E-state index contributed by atoms with van der Waals surface area (Å²) in [5, 5.41) is 7.74. The fourth-order valence-corrected chi connectivity index (χ4v) is 2.84. The minimum atomic E-state index is -4.80. The lowest BCUT2D eigenvalue weighted by atomic mass is 10.1. The van der Waals surface area contributed by atoms with E-state index in [-0.39, 0.29) is 23.4 Å². The average molecular weight is 462 g/mol. The minimum absolute atomic E-state index is 0.0749. The Morgan fingerprint density at radius 2 is 1.79 bits per heavy atom. The second-order valence-corrected chi connectivity index (χ2v) is 7.14. The summed E-state index contributed by atoms with van der Waals surface area (Å²) in [6, 6.07) is 7.34. The number of amides is 3. The van der Waals surface area contributed by atoms with E-state index >= 15 is 0 Å². The lowest BCUT2D eigenvalue weighted by Crippen LogP contribution is -2.29. The Balaban J connectivity index is 1.58. The zero-order valence-electron chi connectivity index (χ0n) is 17.9. The van der Waals surface area contributed by atoms with Gasteiger partial charge in [-0.1, -0.05) is 6.07 Å². The number of nitrogens with zero attached hydrogens (tertiary/aromatic N) is 3. The molecular formula is C21H21F3N6O3. The molecule has 0 aliphatic rings. The number of rotatable bonds is 6. The van der Waals surface area contributed by atoms with Crippen LogP contribution in [-0.2, 0) is 7.05 Å². The number of hydrogen-bond acceptors (Lipinski definition) is 5. The van der Waals surface area contributed by atoms with Crippen molar-refractivity contribution < 1.29 is 27.5 Å². The number of pyridine rings is 1. The van der Waals surface area contributed by atoms with Crippen molar-refractivity contribution in [1.82, 2.24) is 19.9 Å². The van der Waals surface area contributed by atoms with Gasteiger partial charge in [-0.15, -0.1) is 13.2 Å². The lowest BCUT2D eigenvalue weighted by Gasteiger charge is -2.13. The van der Waals surface area contributed by atoms with Crippen LogP contribution in [0, 0.1) is 6.92 Å². The Morgan fingerprint density at radius 1 is 1.09 bits per heavy atom. The summed E-state index contributed by atoms with van der Waals surface area (Å²) in [5.41, 5.74) is 1.92. The summed E-state index contributed by atoms with van der Waals surface area (Å²) >= 11 is 0. The highest BCUT2D eigenvalue weighted by atomic mass is 19.4. The molecule has 2 heterocycles. The van der Waals surface area contributed by atoms with Gasteiger partial charge in [-0.3, -0.25) is 15.1 Å². The third-order valence-corrected chi connectivity index (χ3v) is 4.45. The SMILES string of the molecule is Cc1ccc(C(C)NC(=O)c2nc(NC(=O)Nc3ccc(OC(F)(F)F)cc3)cn2C)cn1. The Hall–Kier alpha value is -4.09. The number of urea groups is 1. The molecule has 0 radical (unpaired) electrons. The molecule has 1 unspecified atom stereocenters. The van der Waals surface area contributed by atoms with E-state index < -0.39 is 24.1 Å². The molecule has 3 rings (SSSR count). The van der Waals surface area contributed by atoms with Crippen molar-refractivity contribution in [3.05, 3.63) is 65.9 Å². The van der Waals surface area contributed by atoms with Gasteiger partial charge in [0.25, 0.3) is 5.91 Å². The highest BCUT2D eigenvalue weighted by Gasteiger charge is 2.31. The molecule has 9 nitrogen and oxygen atoms in total. The highest BCUT2D eigenvalue weighted by molar-refractivity contribution is 5.99. The maximum absolute atomic E-state index is 12.6. The molecule has 3 amide bonds. The summed E-state index contributed by atoms with van der Waals surface area (Å²) in [6.07, 6.45) is -1.67. The summed E-state index contributed by atoms with van der Waals surface area (Å²) in [7, 11) is 1.60. The number of aromatic nitrogens is 3. The number of carbonyl (C=O) groups is 2. The monoisotopic (exact) mass is 462 g/mol. The van der Waals surface area contributed by atoms with Gasteiger partial charge in [0.1, 0.15) is 5.75 Å². The molecule has 33 heavy (non-hydrogen) atoms. The van der Waals surface area contributed by atoms with Gasteiger partial charge in [0.05, 0.1) is 6.04 Å². The first-order valence-electron chi connectivity index (χ1n) is 9.71. The fraction of sp³-hybridized carbons (Fsp3) is 0.238. The number of imidazole rings is 1. The molecule has 3 N–H and O–H groups in total. The second-order valence-electron chi connectivity index (χ2n) is 7.14. The number of carbonyl (C=O) groups excluding carboxylic acids is 2. The van der Waals surface area contributed by atoms with Crippen LogP contribution in [0.25, 0.3) is 0 Å². The summed E-state index contributed by atoms with van der Waals surface area (Å²) in [4.78, 5) is 33.1.